The predicted octanol–water partition coefficient (Wildman–Crippen LogP) is 7.25. The standard InChI is InChI=1S/C36H39N3O3/c1-41-31-20-22-32(23-21-31)42-26-10-25-39-34-14-8-7-13-33(34)38-35(39)15-6-3-9-24-37-36(40)27-28-16-18-30(19-17-28)29-11-4-2-5-12-29/h2,4-5,7-8,11-14,16-23H,3,6,9-10,15,24-27H2,1H3,(H,37,40). The number of carbonyl (C=O) groups excluding carboxylic acids is 1. The molecule has 4 aromatic carbocycles. The molecular formula is C36H39N3O3. The number of imidazole rings is 1. The fourth-order valence-electron chi connectivity index (χ4n) is 5.16. The summed E-state index contributed by atoms with van der Waals surface area (Å²) in [5, 5.41) is 3.08. The summed E-state index contributed by atoms with van der Waals surface area (Å²) in [5.41, 5.74) is 5.58. The summed E-state index contributed by atoms with van der Waals surface area (Å²) >= 11 is 0. The zero-order chi connectivity index (χ0) is 29.0. The minimum absolute atomic E-state index is 0.0705. The summed E-state index contributed by atoms with van der Waals surface area (Å²) in [5.74, 6) is 2.86. The van der Waals surface area contributed by atoms with Gasteiger partial charge in [0, 0.05) is 19.5 Å². The number of hydrogen-bond acceptors (Lipinski definition) is 4. The van der Waals surface area contributed by atoms with E-state index in [1.165, 1.54) is 11.1 Å². The largest absolute Gasteiger partial charge is 0.497 e. The first-order chi connectivity index (χ1) is 20.7. The quantitative estimate of drug-likeness (QED) is 0.137. The number of methoxy groups -OCH3 is 1. The molecule has 0 aliphatic heterocycles. The third-order valence-corrected chi connectivity index (χ3v) is 7.41. The number of unbranched alkanes of at least 4 members (excludes halogenated alkanes) is 2. The Kier molecular flexibility index (Phi) is 10.2. The van der Waals surface area contributed by atoms with Gasteiger partial charge in [-0.3, -0.25) is 4.79 Å². The average Bonchev–Trinajstić information content (AvgIpc) is 3.39. The highest BCUT2D eigenvalue weighted by molar-refractivity contribution is 5.79. The van der Waals surface area contributed by atoms with Crippen LogP contribution >= 0.6 is 0 Å². The van der Waals surface area contributed by atoms with Crippen molar-refractivity contribution in [2.45, 2.75) is 45.1 Å². The number of ether oxygens (including phenoxy) is 2. The SMILES string of the molecule is COc1ccc(OCCCn2c(CCCCCNC(=O)Cc3ccc(-c4ccccc4)cc3)nc3ccccc32)cc1. The second-order valence-corrected chi connectivity index (χ2v) is 10.4. The number of nitrogens with zero attached hydrogens (tertiary/aromatic N) is 2. The van der Waals surface area contributed by atoms with Crippen LogP contribution in [0.25, 0.3) is 22.2 Å². The Bertz CT molecular complexity index is 1540. The number of aromatic nitrogens is 2. The van der Waals surface area contributed by atoms with E-state index in [0.717, 1.165) is 72.6 Å². The number of para-hydroxylation sites is 2. The Morgan fingerprint density at radius 2 is 1.48 bits per heavy atom. The van der Waals surface area contributed by atoms with Crippen molar-refractivity contribution in [1.29, 1.82) is 0 Å². The summed E-state index contributed by atoms with van der Waals surface area (Å²) in [6.45, 7) is 2.18. The van der Waals surface area contributed by atoms with E-state index in [9.17, 15) is 4.79 Å². The molecular weight excluding hydrogens is 522 g/mol. The van der Waals surface area contributed by atoms with Gasteiger partial charge >= 0.3 is 0 Å². The van der Waals surface area contributed by atoms with Gasteiger partial charge in [-0.1, -0.05) is 73.2 Å². The highest BCUT2D eigenvalue weighted by Gasteiger charge is 2.11. The molecule has 0 saturated heterocycles. The van der Waals surface area contributed by atoms with Crippen LogP contribution in [0.3, 0.4) is 0 Å². The van der Waals surface area contributed by atoms with Gasteiger partial charge in [-0.2, -0.15) is 0 Å². The van der Waals surface area contributed by atoms with Crippen LogP contribution < -0.4 is 14.8 Å². The van der Waals surface area contributed by atoms with Gasteiger partial charge < -0.3 is 19.4 Å². The van der Waals surface area contributed by atoms with E-state index in [4.69, 9.17) is 14.5 Å². The Balaban J connectivity index is 1.03. The van der Waals surface area contributed by atoms with Crippen LogP contribution in [0.5, 0.6) is 11.5 Å². The number of rotatable bonds is 15. The molecule has 42 heavy (non-hydrogen) atoms. The summed E-state index contributed by atoms with van der Waals surface area (Å²) < 4.78 is 13.5. The van der Waals surface area contributed by atoms with E-state index in [0.29, 0.717) is 19.6 Å². The predicted molar refractivity (Wildman–Crippen MR) is 169 cm³/mol. The monoisotopic (exact) mass is 561 g/mol. The molecule has 0 aliphatic rings. The van der Waals surface area contributed by atoms with Crippen LogP contribution in [0.4, 0.5) is 0 Å². The lowest BCUT2D eigenvalue weighted by atomic mass is 10.0. The van der Waals surface area contributed by atoms with Crippen molar-refractivity contribution >= 4 is 16.9 Å². The van der Waals surface area contributed by atoms with Gasteiger partial charge in [-0.05, 0) is 72.4 Å². The van der Waals surface area contributed by atoms with Crippen molar-refractivity contribution in [3.8, 4) is 22.6 Å². The van der Waals surface area contributed by atoms with Crippen molar-refractivity contribution in [3.63, 3.8) is 0 Å². The molecule has 0 fully saturated rings. The molecule has 0 radical (unpaired) electrons. The number of aryl methyl sites for hydroxylation is 2. The molecule has 0 atom stereocenters. The van der Waals surface area contributed by atoms with E-state index in [2.05, 4.69) is 52.3 Å². The first kappa shape index (κ1) is 28.9. The maximum absolute atomic E-state index is 12.5. The Morgan fingerprint density at radius 1 is 0.762 bits per heavy atom. The highest BCUT2D eigenvalue weighted by atomic mass is 16.5. The maximum atomic E-state index is 12.5. The number of carbonyl (C=O) groups is 1. The Morgan fingerprint density at radius 3 is 2.26 bits per heavy atom. The van der Waals surface area contributed by atoms with Crippen molar-refractivity contribution in [2.24, 2.45) is 0 Å². The molecule has 1 N–H and O–H groups in total. The second-order valence-electron chi connectivity index (χ2n) is 10.4. The summed E-state index contributed by atoms with van der Waals surface area (Å²) in [6.07, 6.45) is 5.23. The molecule has 1 aromatic heterocycles. The van der Waals surface area contributed by atoms with Gasteiger partial charge in [0.25, 0.3) is 0 Å². The van der Waals surface area contributed by atoms with Crippen molar-refractivity contribution in [3.05, 3.63) is 115 Å². The number of fused-ring (bicyclic) bond motifs is 1. The van der Waals surface area contributed by atoms with E-state index in [1.807, 2.05) is 60.7 Å². The molecule has 1 amide bonds. The molecule has 1 heterocycles. The molecule has 5 rings (SSSR count). The molecule has 5 aromatic rings. The third-order valence-electron chi connectivity index (χ3n) is 7.41. The zero-order valence-corrected chi connectivity index (χ0v) is 24.3. The third kappa shape index (κ3) is 8.00. The summed E-state index contributed by atoms with van der Waals surface area (Å²) in [6, 6.07) is 34.5. The second kappa shape index (κ2) is 14.9. The molecule has 216 valence electrons. The van der Waals surface area contributed by atoms with Gasteiger partial charge in [0.05, 0.1) is 31.2 Å². The molecule has 0 aliphatic carbocycles. The molecule has 0 unspecified atom stereocenters. The number of hydrogen-bond donors (Lipinski definition) is 1. The summed E-state index contributed by atoms with van der Waals surface area (Å²) in [7, 11) is 1.66. The van der Waals surface area contributed by atoms with Crippen molar-refractivity contribution in [2.75, 3.05) is 20.3 Å². The van der Waals surface area contributed by atoms with Crippen LogP contribution in [0.2, 0.25) is 0 Å². The van der Waals surface area contributed by atoms with E-state index < -0.39 is 0 Å². The highest BCUT2D eigenvalue weighted by Crippen LogP contribution is 2.21. The van der Waals surface area contributed by atoms with Gasteiger partial charge in [-0.25, -0.2) is 4.98 Å². The Hall–Kier alpha value is -4.58. The topological polar surface area (TPSA) is 65.4 Å². The number of nitrogens with one attached hydrogen (secondary N) is 1. The molecule has 0 bridgehead atoms. The lowest BCUT2D eigenvalue weighted by Gasteiger charge is -2.11. The minimum Gasteiger partial charge on any atom is -0.497 e. The molecule has 6 nitrogen and oxygen atoms in total. The lowest BCUT2D eigenvalue weighted by molar-refractivity contribution is -0.120. The zero-order valence-electron chi connectivity index (χ0n) is 24.3. The van der Waals surface area contributed by atoms with E-state index in [1.54, 1.807) is 7.11 Å². The van der Waals surface area contributed by atoms with Gasteiger partial charge in [0.1, 0.15) is 17.3 Å². The molecule has 0 saturated carbocycles. The molecule has 0 spiro atoms. The number of amides is 1. The van der Waals surface area contributed by atoms with Crippen LogP contribution in [0.1, 0.15) is 37.1 Å². The normalized spacial score (nSPS) is 11.0. The van der Waals surface area contributed by atoms with E-state index in [-0.39, 0.29) is 5.91 Å². The molecule has 6 heteroatoms. The number of benzene rings is 4. The first-order valence-corrected chi connectivity index (χ1v) is 14.8. The van der Waals surface area contributed by atoms with Crippen LogP contribution in [-0.2, 0) is 24.2 Å². The summed E-state index contributed by atoms with van der Waals surface area (Å²) in [4.78, 5) is 17.4. The van der Waals surface area contributed by atoms with Crippen LogP contribution in [0, 0.1) is 0 Å². The fraction of sp³-hybridized carbons (Fsp3) is 0.278. The fourth-order valence-corrected chi connectivity index (χ4v) is 5.16. The van der Waals surface area contributed by atoms with Crippen LogP contribution in [-0.4, -0.2) is 35.7 Å². The van der Waals surface area contributed by atoms with Gasteiger partial charge in [0.15, 0.2) is 0 Å². The van der Waals surface area contributed by atoms with Crippen molar-refractivity contribution in [1.82, 2.24) is 14.9 Å². The minimum atomic E-state index is 0.0705. The lowest BCUT2D eigenvalue weighted by Crippen LogP contribution is -2.26. The van der Waals surface area contributed by atoms with E-state index >= 15 is 0 Å². The first-order valence-electron chi connectivity index (χ1n) is 14.8. The van der Waals surface area contributed by atoms with Gasteiger partial charge in [0.2, 0.25) is 5.91 Å². The maximum Gasteiger partial charge on any atom is 0.224 e. The van der Waals surface area contributed by atoms with Crippen molar-refractivity contribution < 1.29 is 14.3 Å². The smallest absolute Gasteiger partial charge is 0.224 e. The Labute approximate surface area is 248 Å². The van der Waals surface area contributed by atoms with Crippen LogP contribution in [0.15, 0.2) is 103 Å². The average molecular weight is 562 g/mol. The van der Waals surface area contributed by atoms with Gasteiger partial charge in [-0.15, -0.1) is 0 Å².